The fourth-order valence-electron chi connectivity index (χ4n) is 3.78. The predicted octanol–water partition coefficient (Wildman–Crippen LogP) is 3.74. The van der Waals surface area contributed by atoms with Crippen molar-refractivity contribution in [2.75, 3.05) is 0 Å². The van der Waals surface area contributed by atoms with Gasteiger partial charge in [0.25, 0.3) is 0 Å². The number of hydrogen-bond acceptors (Lipinski definition) is 1. The summed E-state index contributed by atoms with van der Waals surface area (Å²) in [6, 6.07) is 0. The zero-order valence-electron chi connectivity index (χ0n) is 10.4. The summed E-state index contributed by atoms with van der Waals surface area (Å²) >= 11 is 0. The van der Waals surface area contributed by atoms with Crippen molar-refractivity contribution in [1.82, 2.24) is 0 Å². The van der Waals surface area contributed by atoms with Gasteiger partial charge in [-0.15, -0.1) is 0 Å². The molecular formula is C14H22O. The van der Waals surface area contributed by atoms with Crippen LogP contribution < -0.4 is 0 Å². The van der Waals surface area contributed by atoms with Gasteiger partial charge in [0.15, 0.2) is 0 Å². The van der Waals surface area contributed by atoms with E-state index in [1.54, 1.807) is 0 Å². The molecule has 0 saturated heterocycles. The first kappa shape index (κ1) is 10.9. The van der Waals surface area contributed by atoms with Crippen LogP contribution in [0.25, 0.3) is 0 Å². The first-order valence-corrected chi connectivity index (χ1v) is 6.13. The number of carbonyl (C=O) groups is 1. The van der Waals surface area contributed by atoms with Crippen molar-refractivity contribution in [3.8, 4) is 0 Å². The Morgan fingerprint density at radius 2 is 2.13 bits per heavy atom. The summed E-state index contributed by atoms with van der Waals surface area (Å²) in [5.74, 6) is 1.12. The molecule has 0 aromatic heterocycles. The van der Waals surface area contributed by atoms with E-state index in [1.165, 1.54) is 5.57 Å². The second-order valence-electron chi connectivity index (χ2n) is 6.05. The molecule has 0 aromatic carbocycles. The summed E-state index contributed by atoms with van der Waals surface area (Å²) in [6.07, 6.45) is 6.48. The van der Waals surface area contributed by atoms with Crippen molar-refractivity contribution in [1.29, 1.82) is 0 Å². The molecule has 3 atom stereocenters. The Kier molecular flexibility index (Phi) is 2.33. The average molecular weight is 206 g/mol. The Labute approximate surface area is 92.9 Å². The number of rotatable bonds is 1. The van der Waals surface area contributed by atoms with Crippen LogP contribution in [0.1, 0.15) is 53.4 Å². The van der Waals surface area contributed by atoms with Crippen LogP contribution in [0, 0.1) is 16.7 Å². The van der Waals surface area contributed by atoms with Crippen LogP contribution >= 0.6 is 0 Å². The summed E-state index contributed by atoms with van der Waals surface area (Å²) in [5.41, 5.74) is 1.28. The van der Waals surface area contributed by atoms with E-state index in [0.29, 0.717) is 11.7 Å². The summed E-state index contributed by atoms with van der Waals surface area (Å²) in [4.78, 5) is 12.5. The SMILES string of the molecule is CC[C@H]1C[C@]2(C)CC=C(C)C[C@@]1(C)C2=O. The number of allylic oxidation sites excluding steroid dienone is 2. The lowest BCUT2D eigenvalue weighted by Crippen LogP contribution is -2.32. The number of hydrogen-bond donors (Lipinski definition) is 0. The topological polar surface area (TPSA) is 17.1 Å². The minimum absolute atomic E-state index is 0.0623. The molecule has 0 unspecified atom stereocenters. The van der Waals surface area contributed by atoms with E-state index in [-0.39, 0.29) is 10.8 Å². The Morgan fingerprint density at radius 1 is 1.47 bits per heavy atom. The molecule has 1 saturated carbocycles. The number of carbonyl (C=O) groups excluding carboxylic acids is 1. The molecule has 2 rings (SSSR count). The summed E-state index contributed by atoms with van der Waals surface area (Å²) in [6.45, 7) is 8.76. The van der Waals surface area contributed by atoms with Gasteiger partial charge < -0.3 is 0 Å². The fraction of sp³-hybridized carbons (Fsp3) is 0.786. The molecule has 0 radical (unpaired) electrons. The van der Waals surface area contributed by atoms with Gasteiger partial charge in [0.2, 0.25) is 0 Å². The van der Waals surface area contributed by atoms with Crippen LogP contribution in [0.3, 0.4) is 0 Å². The van der Waals surface area contributed by atoms with E-state index < -0.39 is 0 Å². The molecule has 0 amide bonds. The maximum Gasteiger partial charge on any atom is 0.145 e. The van der Waals surface area contributed by atoms with Crippen LogP contribution in [0.15, 0.2) is 11.6 Å². The van der Waals surface area contributed by atoms with Crippen LogP contribution in [0.4, 0.5) is 0 Å². The van der Waals surface area contributed by atoms with Gasteiger partial charge in [-0.2, -0.15) is 0 Å². The molecule has 0 aliphatic heterocycles. The lowest BCUT2D eigenvalue weighted by atomic mass is 9.73. The van der Waals surface area contributed by atoms with Gasteiger partial charge in [0, 0.05) is 10.8 Å². The van der Waals surface area contributed by atoms with Gasteiger partial charge >= 0.3 is 0 Å². The molecule has 0 heterocycles. The lowest BCUT2D eigenvalue weighted by Gasteiger charge is -2.29. The van der Waals surface area contributed by atoms with Crippen molar-refractivity contribution < 1.29 is 4.79 Å². The molecule has 1 nitrogen and oxygen atoms in total. The van der Waals surface area contributed by atoms with Gasteiger partial charge in [-0.3, -0.25) is 4.79 Å². The van der Waals surface area contributed by atoms with Crippen LogP contribution in [-0.4, -0.2) is 5.78 Å². The first-order valence-electron chi connectivity index (χ1n) is 6.13. The molecule has 2 bridgehead atoms. The highest BCUT2D eigenvalue weighted by molar-refractivity contribution is 5.93. The summed E-state index contributed by atoms with van der Waals surface area (Å²) in [5, 5.41) is 0. The quantitative estimate of drug-likeness (QED) is 0.597. The highest BCUT2D eigenvalue weighted by Gasteiger charge is 2.56. The Balaban J connectivity index is 2.46. The standard InChI is InChI=1S/C14H22O/c1-5-11-9-13(3)7-6-10(2)8-14(11,4)12(13)15/h6,11H,5,7-9H2,1-4H3/t11-,13-,14+/m0/s1. The monoisotopic (exact) mass is 206 g/mol. The molecule has 1 fully saturated rings. The predicted molar refractivity (Wildman–Crippen MR) is 62.6 cm³/mol. The van der Waals surface area contributed by atoms with Crippen LogP contribution in [0.5, 0.6) is 0 Å². The van der Waals surface area contributed by atoms with Gasteiger partial charge in [-0.05, 0) is 32.1 Å². The third-order valence-corrected chi connectivity index (χ3v) is 4.70. The molecular weight excluding hydrogens is 184 g/mol. The van der Waals surface area contributed by atoms with Crippen LogP contribution in [0.2, 0.25) is 0 Å². The minimum Gasteiger partial charge on any atom is -0.298 e. The molecule has 0 spiro atoms. The maximum absolute atomic E-state index is 12.5. The van der Waals surface area contributed by atoms with Gasteiger partial charge in [0.1, 0.15) is 5.78 Å². The van der Waals surface area contributed by atoms with E-state index in [4.69, 9.17) is 0 Å². The van der Waals surface area contributed by atoms with Crippen molar-refractivity contribution in [2.24, 2.45) is 16.7 Å². The second kappa shape index (κ2) is 3.20. The third kappa shape index (κ3) is 1.39. The van der Waals surface area contributed by atoms with E-state index >= 15 is 0 Å². The van der Waals surface area contributed by atoms with E-state index in [9.17, 15) is 4.79 Å². The lowest BCUT2D eigenvalue weighted by molar-refractivity contribution is -0.132. The Hall–Kier alpha value is -0.590. The van der Waals surface area contributed by atoms with Crippen molar-refractivity contribution in [3.05, 3.63) is 11.6 Å². The number of ketones is 1. The third-order valence-electron chi connectivity index (χ3n) is 4.70. The van der Waals surface area contributed by atoms with E-state index in [2.05, 4.69) is 33.8 Å². The van der Waals surface area contributed by atoms with Gasteiger partial charge in [-0.25, -0.2) is 0 Å². The molecule has 0 N–H and O–H groups in total. The van der Waals surface area contributed by atoms with Gasteiger partial charge in [-0.1, -0.05) is 38.8 Å². The first-order chi connectivity index (χ1) is 6.92. The summed E-state index contributed by atoms with van der Waals surface area (Å²) in [7, 11) is 0. The number of Topliss-reactive ketones (excluding diaryl/α,β-unsaturated/α-hetero) is 1. The zero-order chi connectivity index (χ0) is 11.3. The van der Waals surface area contributed by atoms with E-state index in [1.807, 2.05) is 0 Å². The zero-order valence-corrected chi connectivity index (χ0v) is 10.4. The fourth-order valence-corrected chi connectivity index (χ4v) is 3.78. The van der Waals surface area contributed by atoms with Crippen molar-refractivity contribution >= 4 is 5.78 Å². The van der Waals surface area contributed by atoms with Crippen molar-refractivity contribution in [2.45, 2.75) is 53.4 Å². The normalized spacial score (nSPS) is 45.2. The Bertz CT molecular complexity index is 328. The van der Waals surface area contributed by atoms with Crippen molar-refractivity contribution in [3.63, 3.8) is 0 Å². The van der Waals surface area contributed by atoms with E-state index in [0.717, 1.165) is 25.7 Å². The molecule has 1 heteroatoms. The minimum atomic E-state index is -0.0689. The van der Waals surface area contributed by atoms with Crippen LogP contribution in [-0.2, 0) is 4.79 Å². The maximum atomic E-state index is 12.5. The molecule has 2 aliphatic carbocycles. The number of fused-ring (bicyclic) bond motifs is 2. The van der Waals surface area contributed by atoms with Gasteiger partial charge in [0.05, 0.1) is 0 Å². The average Bonchev–Trinajstić information content (AvgIpc) is 2.32. The molecule has 2 aliphatic rings. The Morgan fingerprint density at radius 3 is 2.73 bits per heavy atom. The summed E-state index contributed by atoms with van der Waals surface area (Å²) < 4.78 is 0. The largest absolute Gasteiger partial charge is 0.298 e. The second-order valence-corrected chi connectivity index (χ2v) is 6.05. The highest BCUT2D eigenvalue weighted by Crippen LogP contribution is 2.57. The highest BCUT2D eigenvalue weighted by atomic mass is 16.1. The molecule has 15 heavy (non-hydrogen) atoms. The molecule has 84 valence electrons. The smallest absolute Gasteiger partial charge is 0.145 e. The molecule has 0 aromatic rings.